The lowest BCUT2D eigenvalue weighted by Crippen LogP contribution is -2.40. The van der Waals surface area contributed by atoms with Gasteiger partial charge in [0.2, 0.25) is 0 Å². The van der Waals surface area contributed by atoms with E-state index in [1.54, 1.807) is 14.2 Å². The molecule has 0 spiro atoms. The van der Waals surface area contributed by atoms with Crippen LogP contribution in [0, 0.1) is 0 Å². The fraction of sp³-hybridized carbons (Fsp3) is 0.300. The van der Waals surface area contributed by atoms with Crippen molar-refractivity contribution in [2.45, 2.75) is 6.42 Å². The van der Waals surface area contributed by atoms with E-state index in [0.717, 1.165) is 41.8 Å². The summed E-state index contributed by atoms with van der Waals surface area (Å²) in [5, 5.41) is 6.53. The molecule has 2 N–H and O–H groups in total. The van der Waals surface area contributed by atoms with Crippen molar-refractivity contribution in [3.05, 3.63) is 60.6 Å². The summed E-state index contributed by atoms with van der Waals surface area (Å²) in [5.74, 6) is 2.38. The third kappa shape index (κ3) is 6.29. The number of fused-ring (bicyclic) bond motifs is 1. The number of aromatic nitrogens is 2. The first-order valence-corrected chi connectivity index (χ1v) is 8.92. The summed E-state index contributed by atoms with van der Waals surface area (Å²) >= 11 is 0. The van der Waals surface area contributed by atoms with E-state index >= 15 is 0 Å². The van der Waals surface area contributed by atoms with Crippen molar-refractivity contribution in [3.63, 3.8) is 0 Å². The normalized spacial score (nSPS) is 11.0. The summed E-state index contributed by atoms with van der Waals surface area (Å²) in [5.41, 5.74) is 2.01. The number of ether oxygens (including phenoxy) is 2. The van der Waals surface area contributed by atoms with Crippen LogP contribution in [0.2, 0.25) is 0 Å². The highest BCUT2D eigenvalue weighted by Crippen LogP contribution is 2.16. The van der Waals surface area contributed by atoms with Gasteiger partial charge in [-0.05, 0) is 36.4 Å². The van der Waals surface area contributed by atoms with Gasteiger partial charge in [-0.25, -0.2) is 4.98 Å². The lowest BCUT2D eigenvalue weighted by Gasteiger charge is -2.12. The van der Waals surface area contributed by atoms with Crippen molar-refractivity contribution in [1.82, 2.24) is 20.0 Å². The number of rotatable bonds is 8. The number of nitrogens with one attached hydrogen (secondary N) is 2. The second-order valence-corrected chi connectivity index (χ2v) is 5.90. The predicted octanol–water partition coefficient (Wildman–Crippen LogP) is 2.75. The Balaban J connectivity index is 0.00000280. The van der Waals surface area contributed by atoms with Crippen molar-refractivity contribution < 1.29 is 9.47 Å². The molecule has 0 saturated heterocycles. The minimum Gasteiger partial charge on any atom is -0.497 e. The molecule has 3 aromatic rings. The van der Waals surface area contributed by atoms with Crippen LogP contribution in [0.5, 0.6) is 11.5 Å². The molecular formula is C20H26IN5O2. The summed E-state index contributed by atoms with van der Waals surface area (Å²) < 4.78 is 12.9. The molecule has 0 aliphatic carbocycles. The average molecular weight is 495 g/mol. The van der Waals surface area contributed by atoms with Crippen LogP contribution >= 0.6 is 24.0 Å². The van der Waals surface area contributed by atoms with Gasteiger partial charge in [-0.1, -0.05) is 6.07 Å². The highest BCUT2D eigenvalue weighted by atomic mass is 127. The molecule has 7 nitrogen and oxygen atoms in total. The molecule has 2 aromatic heterocycles. The Bertz CT molecular complexity index is 847. The second-order valence-electron chi connectivity index (χ2n) is 5.90. The Kier molecular flexibility index (Phi) is 8.86. The zero-order valence-corrected chi connectivity index (χ0v) is 18.4. The summed E-state index contributed by atoms with van der Waals surface area (Å²) in [7, 11) is 3.40. The minimum absolute atomic E-state index is 0. The van der Waals surface area contributed by atoms with Gasteiger partial charge in [0, 0.05) is 32.4 Å². The Morgan fingerprint density at radius 2 is 1.82 bits per heavy atom. The molecule has 0 unspecified atom stereocenters. The molecule has 2 heterocycles. The first kappa shape index (κ1) is 21.8. The molecule has 0 saturated carbocycles. The molecule has 0 bridgehead atoms. The zero-order valence-electron chi connectivity index (χ0n) is 16.1. The lowest BCUT2D eigenvalue weighted by atomic mass is 10.3. The Labute approximate surface area is 182 Å². The monoisotopic (exact) mass is 495 g/mol. The van der Waals surface area contributed by atoms with Gasteiger partial charge in [-0.3, -0.25) is 4.99 Å². The van der Waals surface area contributed by atoms with Crippen LogP contribution in [-0.4, -0.2) is 49.2 Å². The van der Waals surface area contributed by atoms with Gasteiger partial charge in [-0.2, -0.15) is 0 Å². The van der Waals surface area contributed by atoms with Gasteiger partial charge in [0.05, 0.1) is 19.3 Å². The van der Waals surface area contributed by atoms with Gasteiger partial charge >= 0.3 is 0 Å². The zero-order chi connectivity index (χ0) is 18.9. The van der Waals surface area contributed by atoms with Gasteiger partial charge < -0.3 is 24.5 Å². The Morgan fingerprint density at radius 1 is 1.07 bits per heavy atom. The number of hydrogen-bond donors (Lipinski definition) is 2. The van der Waals surface area contributed by atoms with Crippen LogP contribution in [0.3, 0.4) is 0 Å². The smallest absolute Gasteiger partial charge is 0.191 e. The number of methoxy groups -OCH3 is 1. The topological polar surface area (TPSA) is 72.2 Å². The summed E-state index contributed by atoms with van der Waals surface area (Å²) in [4.78, 5) is 8.82. The van der Waals surface area contributed by atoms with Gasteiger partial charge in [-0.15, -0.1) is 24.0 Å². The minimum atomic E-state index is 0. The van der Waals surface area contributed by atoms with Crippen molar-refractivity contribution in [3.8, 4) is 11.5 Å². The van der Waals surface area contributed by atoms with Crippen LogP contribution < -0.4 is 20.1 Å². The van der Waals surface area contributed by atoms with Gasteiger partial charge in [0.1, 0.15) is 23.8 Å². The molecular weight excluding hydrogens is 469 g/mol. The second kappa shape index (κ2) is 11.4. The van der Waals surface area contributed by atoms with E-state index < -0.39 is 0 Å². The fourth-order valence-corrected chi connectivity index (χ4v) is 2.65. The SMILES string of the molecule is CN=C(NCCOc1ccc(OC)cc1)NCCc1cn2ccccc2n1.I. The molecule has 150 valence electrons. The highest BCUT2D eigenvalue weighted by Gasteiger charge is 2.02. The maximum absolute atomic E-state index is 5.69. The highest BCUT2D eigenvalue weighted by molar-refractivity contribution is 14.0. The number of halogens is 1. The van der Waals surface area contributed by atoms with E-state index in [-0.39, 0.29) is 24.0 Å². The summed E-state index contributed by atoms with van der Waals surface area (Å²) in [6.45, 7) is 1.95. The van der Waals surface area contributed by atoms with E-state index in [9.17, 15) is 0 Å². The Morgan fingerprint density at radius 3 is 2.54 bits per heavy atom. The van der Waals surface area contributed by atoms with Crippen molar-refractivity contribution >= 4 is 35.6 Å². The molecule has 0 aliphatic rings. The van der Waals surface area contributed by atoms with E-state index in [2.05, 4.69) is 26.8 Å². The summed E-state index contributed by atoms with van der Waals surface area (Å²) in [6.07, 6.45) is 4.88. The lowest BCUT2D eigenvalue weighted by molar-refractivity contribution is 0.321. The van der Waals surface area contributed by atoms with Crippen LogP contribution in [0.25, 0.3) is 5.65 Å². The number of imidazole rings is 1. The van der Waals surface area contributed by atoms with Gasteiger partial charge in [0.15, 0.2) is 5.96 Å². The third-order valence-corrected chi connectivity index (χ3v) is 4.03. The van der Waals surface area contributed by atoms with Crippen molar-refractivity contribution in [2.75, 3.05) is 33.9 Å². The summed E-state index contributed by atoms with van der Waals surface area (Å²) in [6, 6.07) is 13.5. The van der Waals surface area contributed by atoms with Crippen molar-refractivity contribution in [2.24, 2.45) is 4.99 Å². The molecule has 28 heavy (non-hydrogen) atoms. The molecule has 1 aromatic carbocycles. The van der Waals surface area contributed by atoms with E-state index in [1.165, 1.54) is 0 Å². The first-order chi connectivity index (χ1) is 13.3. The van der Waals surface area contributed by atoms with Crippen molar-refractivity contribution in [1.29, 1.82) is 0 Å². The Hall–Kier alpha value is -2.49. The number of nitrogens with zero attached hydrogens (tertiary/aromatic N) is 3. The number of guanidine groups is 1. The number of pyridine rings is 1. The van der Waals surface area contributed by atoms with Crippen LogP contribution in [0.1, 0.15) is 5.69 Å². The maximum atomic E-state index is 5.69. The van der Waals surface area contributed by atoms with Gasteiger partial charge in [0.25, 0.3) is 0 Å². The maximum Gasteiger partial charge on any atom is 0.191 e. The standard InChI is InChI=1S/C20H25N5O2.HI/c1-21-20(23-12-14-27-18-8-6-17(26-2)7-9-18)22-11-10-16-15-25-13-4-3-5-19(25)24-16;/h3-9,13,15H,10-12,14H2,1-2H3,(H2,21,22,23);1H. The molecule has 0 amide bonds. The number of hydrogen-bond acceptors (Lipinski definition) is 4. The van der Waals surface area contributed by atoms with E-state index in [4.69, 9.17) is 9.47 Å². The molecule has 3 rings (SSSR count). The third-order valence-electron chi connectivity index (χ3n) is 4.03. The number of aliphatic imine (C=N–C) groups is 1. The molecule has 0 radical (unpaired) electrons. The predicted molar refractivity (Wildman–Crippen MR) is 122 cm³/mol. The van der Waals surface area contributed by atoms with Crippen LogP contribution in [0.4, 0.5) is 0 Å². The molecule has 8 heteroatoms. The largest absolute Gasteiger partial charge is 0.497 e. The fourth-order valence-electron chi connectivity index (χ4n) is 2.65. The molecule has 0 aliphatic heterocycles. The van der Waals surface area contributed by atoms with Crippen LogP contribution in [-0.2, 0) is 6.42 Å². The molecule has 0 fully saturated rings. The van der Waals surface area contributed by atoms with E-state index in [1.807, 2.05) is 53.1 Å². The van der Waals surface area contributed by atoms with Crippen LogP contribution in [0.15, 0.2) is 59.9 Å². The first-order valence-electron chi connectivity index (χ1n) is 8.92. The molecule has 0 atom stereocenters. The average Bonchev–Trinajstić information content (AvgIpc) is 3.13. The van der Waals surface area contributed by atoms with E-state index in [0.29, 0.717) is 13.2 Å². The number of benzene rings is 1. The quantitative estimate of drug-likeness (QED) is 0.218.